The first-order valence-corrected chi connectivity index (χ1v) is 28.6. The molecule has 0 heterocycles. The van der Waals surface area contributed by atoms with Gasteiger partial charge in [-0.05, 0) is 57.8 Å². The number of allylic oxidation sites excluding steroid dienone is 3. The topological polar surface area (TPSA) is 95.9 Å². The number of rotatable bonds is 53. The van der Waals surface area contributed by atoms with E-state index in [1.54, 1.807) is 6.08 Å². The van der Waals surface area contributed by atoms with Gasteiger partial charge in [0.2, 0.25) is 5.91 Å². The molecule has 0 fully saturated rings. The second kappa shape index (κ2) is 54.0. The van der Waals surface area contributed by atoms with Gasteiger partial charge >= 0.3 is 5.97 Å². The van der Waals surface area contributed by atoms with Gasteiger partial charge in [0.15, 0.2) is 0 Å². The first-order chi connectivity index (χ1) is 31.5. The lowest BCUT2D eigenvalue weighted by Crippen LogP contribution is -2.45. The second-order valence-corrected chi connectivity index (χ2v) is 19.6. The molecule has 0 aliphatic rings. The van der Waals surface area contributed by atoms with Crippen molar-refractivity contribution in [2.45, 2.75) is 321 Å². The maximum Gasteiger partial charge on any atom is 0.305 e. The molecular formula is C58H111NO5. The van der Waals surface area contributed by atoms with Crippen LogP contribution in [0.5, 0.6) is 0 Å². The fourth-order valence-corrected chi connectivity index (χ4v) is 8.81. The van der Waals surface area contributed by atoms with E-state index >= 15 is 0 Å². The summed E-state index contributed by atoms with van der Waals surface area (Å²) in [4.78, 5) is 24.5. The van der Waals surface area contributed by atoms with Crippen LogP contribution in [0.3, 0.4) is 0 Å². The van der Waals surface area contributed by atoms with Gasteiger partial charge in [0, 0.05) is 12.8 Å². The Labute approximate surface area is 399 Å². The van der Waals surface area contributed by atoms with Gasteiger partial charge in [0.25, 0.3) is 0 Å². The average Bonchev–Trinajstić information content (AvgIpc) is 3.29. The molecule has 0 aliphatic carbocycles. The SMILES string of the molecule is CCCCCCCCCCCCCCCCC/C=C/C(O)C(CO)NC(=O)CCCCC/C=C\CCCCCCCCOC(=O)CCCCCCCCCCCCCCCCCCC. The van der Waals surface area contributed by atoms with Crippen molar-refractivity contribution < 1.29 is 24.5 Å². The Morgan fingerprint density at radius 3 is 1.12 bits per heavy atom. The molecule has 6 nitrogen and oxygen atoms in total. The highest BCUT2D eigenvalue weighted by Crippen LogP contribution is 2.17. The van der Waals surface area contributed by atoms with Crippen LogP contribution < -0.4 is 5.32 Å². The summed E-state index contributed by atoms with van der Waals surface area (Å²) in [7, 11) is 0. The fourth-order valence-electron chi connectivity index (χ4n) is 8.81. The summed E-state index contributed by atoms with van der Waals surface area (Å²) in [5, 5.41) is 23.1. The zero-order valence-corrected chi connectivity index (χ0v) is 43.0. The minimum Gasteiger partial charge on any atom is -0.466 e. The molecule has 0 spiro atoms. The summed E-state index contributed by atoms with van der Waals surface area (Å²) in [5.74, 6) is -0.106. The van der Waals surface area contributed by atoms with E-state index in [4.69, 9.17) is 4.74 Å². The molecule has 0 aromatic carbocycles. The molecule has 6 heteroatoms. The first kappa shape index (κ1) is 62.3. The lowest BCUT2D eigenvalue weighted by Gasteiger charge is -2.19. The molecule has 0 radical (unpaired) electrons. The molecule has 0 bridgehead atoms. The summed E-state index contributed by atoms with van der Waals surface area (Å²) >= 11 is 0. The normalized spacial score (nSPS) is 12.8. The molecule has 0 saturated carbocycles. The smallest absolute Gasteiger partial charge is 0.305 e. The minimum atomic E-state index is -0.861. The second-order valence-electron chi connectivity index (χ2n) is 19.6. The van der Waals surface area contributed by atoms with E-state index in [-0.39, 0.29) is 18.5 Å². The van der Waals surface area contributed by atoms with Gasteiger partial charge in [-0.2, -0.15) is 0 Å². The molecule has 0 aromatic rings. The Bertz CT molecular complexity index is 997. The van der Waals surface area contributed by atoms with E-state index in [1.807, 2.05) is 6.08 Å². The van der Waals surface area contributed by atoms with Gasteiger partial charge in [-0.1, -0.05) is 263 Å². The predicted molar refractivity (Wildman–Crippen MR) is 278 cm³/mol. The zero-order valence-electron chi connectivity index (χ0n) is 43.0. The number of amides is 1. The number of hydrogen-bond acceptors (Lipinski definition) is 5. The maximum absolute atomic E-state index is 12.4. The number of aliphatic hydroxyl groups excluding tert-OH is 2. The Kier molecular flexibility index (Phi) is 52.6. The summed E-state index contributed by atoms with van der Waals surface area (Å²) in [6.45, 7) is 4.88. The standard InChI is InChI=1S/C58H111NO5/c1-3-5-7-9-11-13-15-17-19-21-23-26-30-34-38-42-46-50-56(61)55(54-60)59-57(62)51-47-43-39-35-31-27-25-29-33-37-41-45-49-53-64-58(63)52-48-44-40-36-32-28-24-22-20-18-16-14-12-10-8-6-4-2/h27,31,46,50,55-56,60-61H,3-26,28-30,32-45,47-49,51-54H2,1-2H3,(H,59,62)/b31-27-,50-46+. The lowest BCUT2D eigenvalue weighted by atomic mass is 10.0. The van der Waals surface area contributed by atoms with Crippen molar-refractivity contribution in [1.82, 2.24) is 5.32 Å². The molecule has 2 atom stereocenters. The van der Waals surface area contributed by atoms with E-state index in [1.165, 1.54) is 212 Å². The van der Waals surface area contributed by atoms with Gasteiger partial charge < -0.3 is 20.3 Å². The van der Waals surface area contributed by atoms with E-state index in [0.29, 0.717) is 19.4 Å². The van der Waals surface area contributed by atoms with Crippen molar-refractivity contribution in [3.63, 3.8) is 0 Å². The van der Waals surface area contributed by atoms with Crippen LogP contribution in [-0.2, 0) is 14.3 Å². The van der Waals surface area contributed by atoms with Crippen LogP contribution in [0.15, 0.2) is 24.3 Å². The molecule has 3 N–H and O–H groups in total. The molecule has 378 valence electrons. The van der Waals surface area contributed by atoms with E-state index in [9.17, 15) is 19.8 Å². The summed E-state index contributed by atoms with van der Waals surface area (Å²) in [6.07, 6.45) is 64.8. The van der Waals surface area contributed by atoms with Gasteiger partial charge in [-0.25, -0.2) is 0 Å². The Morgan fingerprint density at radius 1 is 0.422 bits per heavy atom. The van der Waals surface area contributed by atoms with E-state index in [0.717, 1.165) is 70.6 Å². The Morgan fingerprint density at radius 2 is 0.734 bits per heavy atom. The third-order valence-electron chi connectivity index (χ3n) is 13.2. The van der Waals surface area contributed by atoms with Crippen LogP contribution in [0.2, 0.25) is 0 Å². The summed E-state index contributed by atoms with van der Waals surface area (Å²) < 4.78 is 5.47. The number of carbonyl (C=O) groups excluding carboxylic acids is 2. The number of aliphatic hydroxyl groups is 2. The highest BCUT2D eigenvalue weighted by molar-refractivity contribution is 5.76. The first-order valence-electron chi connectivity index (χ1n) is 28.6. The van der Waals surface area contributed by atoms with Crippen molar-refractivity contribution in [3.05, 3.63) is 24.3 Å². The van der Waals surface area contributed by atoms with Crippen molar-refractivity contribution in [2.75, 3.05) is 13.2 Å². The Hall–Kier alpha value is -1.66. The number of carbonyl (C=O) groups is 2. The minimum absolute atomic E-state index is 0.00987. The zero-order chi connectivity index (χ0) is 46.5. The van der Waals surface area contributed by atoms with Crippen LogP contribution in [0.25, 0.3) is 0 Å². The number of unbranched alkanes of at least 4 members (excludes halogenated alkanes) is 40. The van der Waals surface area contributed by atoms with Crippen LogP contribution in [-0.4, -0.2) is 47.4 Å². The molecule has 0 aliphatic heterocycles. The number of ether oxygens (including phenoxy) is 1. The molecule has 64 heavy (non-hydrogen) atoms. The van der Waals surface area contributed by atoms with E-state index < -0.39 is 12.1 Å². The quantitative estimate of drug-likeness (QED) is 0.0321. The van der Waals surface area contributed by atoms with E-state index in [2.05, 4.69) is 31.3 Å². The van der Waals surface area contributed by atoms with Crippen LogP contribution >= 0.6 is 0 Å². The third kappa shape index (κ3) is 49.8. The molecule has 1 amide bonds. The third-order valence-corrected chi connectivity index (χ3v) is 13.2. The Balaban J connectivity index is 3.50. The van der Waals surface area contributed by atoms with Crippen molar-refractivity contribution in [3.8, 4) is 0 Å². The largest absolute Gasteiger partial charge is 0.466 e. The predicted octanol–water partition coefficient (Wildman–Crippen LogP) is 17.5. The van der Waals surface area contributed by atoms with Crippen molar-refractivity contribution in [2.24, 2.45) is 0 Å². The molecule has 0 saturated heterocycles. The highest BCUT2D eigenvalue weighted by atomic mass is 16.5. The van der Waals surface area contributed by atoms with Crippen LogP contribution in [0.1, 0.15) is 309 Å². The van der Waals surface area contributed by atoms with Gasteiger partial charge in [-0.15, -0.1) is 0 Å². The molecule has 0 aromatic heterocycles. The highest BCUT2D eigenvalue weighted by Gasteiger charge is 2.18. The maximum atomic E-state index is 12.4. The number of nitrogens with one attached hydrogen (secondary N) is 1. The van der Waals surface area contributed by atoms with Gasteiger partial charge in [-0.3, -0.25) is 9.59 Å². The monoisotopic (exact) mass is 902 g/mol. The van der Waals surface area contributed by atoms with Gasteiger partial charge in [0.05, 0.1) is 25.4 Å². The van der Waals surface area contributed by atoms with Crippen LogP contribution in [0.4, 0.5) is 0 Å². The lowest BCUT2D eigenvalue weighted by molar-refractivity contribution is -0.143. The molecule has 0 rings (SSSR count). The molecule has 2 unspecified atom stereocenters. The number of esters is 1. The van der Waals surface area contributed by atoms with Gasteiger partial charge in [0.1, 0.15) is 0 Å². The van der Waals surface area contributed by atoms with Crippen LogP contribution in [0, 0.1) is 0 Å². The summed E-state index contributed by atoms with van der Waals surface area (Å²) in [5.41, 5.74) is 0. The molecular weight excluding hydrogens is 791 g/mol. The fraction of sp³-hybridized carbons (Fsp3) is 0.897. The summed E-state index contributed by atoms with van der Waals surface area (Å²) in [6, 6.07) is -0.648. The van der Waals surface area contributed by atoms with Crippen molar-refractivity contribution in [1.29, 1.82) is 0 Å². The average molecular weight is 903 g/mol. The van der Waals surface area contributed by atoms with Crippen molar-refractivity contribution >= 4 is 11.9 Å². The number of hydrogen-bond donors (Lipinski definition) is 3.